The molecule has 1 N–H and O–H groups in total. The first-order chi connectivity index (χ1) is 15.0. The lowest BCUT2D eigenvalue weighted by atomic mass is 9.85. The molecule has 0 saturated carbocycles. The van der Waals surface area contributed by atoms with E-state index in [1.807, 2.05) is 22.9 Å². The summed E-state index contributed by atoms with van der Waals surface area (Å²) in [4.78, 5) is 0. The lowest BCUT2D eigenvalue weighted by Gasteiger charge is -2.34. The Hall–Kier alpha value is -2.37. The number of anilines is 1. The average molecular weight is 472 g/mol. The second kappa shape index (κ2) is 9.63. The van der Waals surface area contributed by atoms with E-state index in [1.165, 1.54) is 5.56 Å². The van der Waals surface area contributed by atoms with Crippen molar-refractivity contribution in [1.82, 2.24) is 20.2 Å². The average Bonchev–Trinajstić information content (AvgIpc) is 3.20. The zero-order chi connectivity index (χ0) is 23.5. The number of aromatic nitrogens is 4. The third kappa shape index (κ3) is 5.51. The van der Waals surface area contributed by atoms with Crippen LogP contribution in [0.5, 0.6) is 0 Å². The Bertz CT molecular complexity index is 1080. The fourth-order valence-electron chi connectivity index (χ4n) is 3.57. The molecule has 0 fully saturated rings. The quantitative estimate of drug-likeness (QED) is 0.391. The van der Waals surface area contributed by atoms with Gasteiger partial charge in [0.1, 0.15) is 0 Å². The summed E-state index contributed by atoms with van der Waals surface area (Å²) in [5, 5.41) is 17.8. The number of hydrogen-bond acceptors (Lipinski definition) is 4. The Morgan fingerprint density at radius 2 is 1.75 bits per heavy atom. The smallest absolute Gasteiger partial charge is 0.177 e. The van der Waals surface area contributed by atoms with Crippen molar-refractivity contribution in [3.05, 3.63) is 75.5 Å². The van der Waals surface area contributed by atoms with E-state index in [4.69, 9.17) is 23.2 Å². The Kier molecular flexibility index (Phi) is 7.31. The maximum atomic E-state index is 6.39. The van der Waals surface area contributed by atoms with Crippen molar-refractivity contribution in [2.24, 2.45) is 5.41 Å². The van der Waals surface area contributed by atoms with Crippen LogP contribution in [0.3, 0.4) is 0 Å². The number of halogens is 2. The first-order valence-electron chi connectivity index (χ1n) is 10.8. The van der Waals surface area contributed by atoms with Crippen LogP contribution in [0.2, 0.25) is 10.0 Å². The molecule has 0 spiro atoms. The summed E-state index contributed by atoms with van der Waals surface area (Å²) in [6.07, 6.45) is 4.93. The van der Waals surface area contributed by atoms with Gasteiger partial charge in [0.05, 0.1) is 11.6 Å². The second-order valence-corrected chi connectivity index (χ2v) is 10.3. The van der Waals surface area contributed by atoms with E-state index in [0.29, 0.717) is 10.0 Å². The van der Waals surface area contributed by atoms with Crippen LogP contribution in [0.4, 0.5) is 5.69 Å². The summed E-state index contributed by atoms with van der Waals surface area (Å²) in [7, 11) is 0. The first-order valence-corrected chi connectivity index (χ1v) is 11.6. The molecule has 1 aromatic heterocycles. The van der Waals surface area contributed by atoms with Gasteiger partial charge in [0.15, 0.2) is 5.82 Å². The molecule has 7 heteroatoms. The predicted octanol–water partition coefficient (Wildman–Crippen LogP) is 7.33. The molecule has 3 rings (SSSR count). The summed E-state index contributed by atoms with van der Waals surface area (Å²) in [6, 6.07) is 13.8. The van der Waals surface area contributed by atoms with Crippen molar-refractivity contribution in [2.45, 2.75) is 59.5 Å². The molecule has 0 aliphatic carbocycles. The number of hydrogen-bond donors (Lipinski definition) is 1. The van der Waals surface area contributed by atoms with E-state index < -0.39 is 5.54 Å². The fraction of sp³-hybridized carbons (Fsp3) is 0.400. The van der Waals surface area contributed by atoms with Crippen molar-refractivity contribution in [3.63, 3.8) is 0 Å². The number of benzene rings is 2. The van der Waals surface area contributed by atoms with Gasteiger partial charge < -0.3 is 5.32 Å². The number of allylic oxidation sites excluding steroid dienone is 1. The zero-order valence-corrected chi connectivity index (χ0v) is 21.0. The van der Waals surface area contributed by atoms with Gasteiger partial charge >= 0.3 is 0 Å². The van der Waals surface area contributed by atoms with E-state index in [0.717, 1.165) is 23.5 Å². The molecule has 1 heterocycles. The normalized spacial score (nSPS) is 15.0. The zero-order valence-electron chi connectivity index (χ0n) is 19.5. The Morgan fingerprint density at radius 1 is 1.06 bits per heavy atom. The lowest BCUT2D eigenvalue weighted by molar-refractivity contribution is 0.255. The summed E-state index contributed by atoms with van der Waals surface area (Å²) >= 11 is 12.4. The summed E-state index contributed by atoms with van der Waals surface area (Å²) < 4.78 is 1.92. The molecular weight excluding hydrogens is 441 g/mol. The van der Waals surface area contributed by atoms with Crippen LogP contribution in [-0.4, -0.2) is 20.2 Å². The topological polar surface area (TPSA) is 55.6 Å². The van der Waals surface area contributed by atoms with E-state index in [1.54, 1.807) is 6.07 Å². The van der Waals surface area contributed by atoms with E-state index >= 15 is 0 Å². The minimum Gasteiger partial charge on any atom is -0.373 e. The minimum atomic E-state index is -0.450. The van der Waals surface area contributed by atoms with Gasteiger partial charge in [-0.25, -0.2) is 4.68 Å². The van der Waals surface area contributed by atoms with Crippen LogP contribution in [0.1, 0.15) is 64.0 Å². The summed E-state index contributed by atoms with van der Waals surface area (Å²) in [5.74, 6) is 0.785. The maximum Gasteiger partial charge on any atom is 0.177 e. The molecule has 170 valence electrons. The Balaban J connectivity index is 2.00. The van der Waals surface area contributed by atoms with Crippen molar-refractivity contribution >= 4 is 35.0 Å². The molecule has 0 aliphatic heterocycles. The highest BCUT2D eigenvalue weighted by atomic mass is 35.5. The number of nitrogens with zero attached hydrogens (tertiary/aromatic N) is 4. The number of tetrazole rings is 1. The van der Waals surface area contributed by atoms with Crippen LogP contribution in [0.15, 0.2) is 48.5 Å². The van der Waals surface area contributed by atoms with Gasteiger partial charge in [-0.3, -0.25) is 0 Å². The highest BCUT2D eigenvalue weighted by molar-refractivity contribution is 6.35. The molecule has 2 unspecified atom stereocenters. The van der Waals surface area contributed by atoms with Gasteiger partial charge in [-0.2, -0.15) is 0 Å². The van der Waals surface area contributed by atoms with Gasteiger partial charge in [-0.1, -0.05) is 86.8 Å². The summed E-state index contributed by atoms with van der Waals surface area (Å²) in [6.45, 7) is 12.9. The molecule has 0 amide bonds. The van der Waals surface area contributed by atoms with Crippen molar-refractivity contribution < 1.29 is 0 Å². The Labute approximate surface area is 200 Å². The Morgan fingerprint density at radius 3 is 2.34 bits per heavy atom. The van der Waals surface area contributed by atoms with Crippen LogP contribution in [0, 0.1) is 12.3 Å². The van der Waals surface area contributed by atoms with Crippen LogP contribution in [0.25, 0.3) is 6.08 Å². The van der Waals surface area contributed by atoms with E-state index in [2.05, 4.69) is 92.7 Å². The second-order valence-electron chi connectivity index (χ2n) is 9.46. The van der Waals surface area contributed by atoms with Gasteiger partial charge in [0.25, 0.3) is 0 Å². The molecule has 2 atom stereocenters. The number of rotatable bonds is 7. The van der Waals surface area contributed by atoms with Gasteiger partial charge in [-0.05, 0) is 65.9 Å². The van der Waals surface area contributed by atoms with Gasteiger partial charge in [-0.15, -0.1) is 5.10 Å². The maximum absolute atomic E-state index is 6.39. The number of aryl methyl sites for hydroxylation is 1. The molecular formula is C25H31Cl2N5. The van der Waals surface area contributed by atoms with E-state index in [-0.39, 0.29) is 11.5 Å². The molecule has 2 aromatic carbocycles. The molecule has 0 radical (unpaired) electrons. The fourth-order valence-corrected chi connectivity index (χ4v) is 4.04. The lowest BCUT2D eigenvalue weighted by Crippen LogP contribution is -2.37. The SMILES string of the molecule is CCC(C)(Nc1ccc(C)cc1)c1nnnn1C(/C=C/c1ccc(Cl)cc1Cl)C(C)(C)C. The van der Waals surface area contributed by atoms with Crippen LogP contribution < -0.4 is 5.32 Å². The molecule has 32 heavy (non-hydrogen) atoms. The third-order valence-electron chi connectivity index (χ3n) is 5.74. The summed E-state index contributed by atoms with van der Waals surface area (Å²) in [5.41, 5.74) is 2.56. The van der Waals surface area contributed by atoms with Crippen molar-refractivity contribution in [1.29, 1.82) is 0 Å². The van der Waals surface area contributed by atoms with Crippen molar-refractivity contribution in [2.75, 3.05) is 5.32 Å². The first kappa shape index (κ1) is 24.3. The number of nitrogens with one attached hydrogen (secondary N) is 1. The standard InChI is InChI=1S/C25H31Cl2N5/c1-7-25(6,28-20-13-8-17(2)9-14-20)23-29-30-31-32(23)22(24(3,4)5)15-11-18-10-12-19(26)16-21(18)27/h8-16,22,28H,7H2,1-6H3/b15-11+. The molecule has 5 nitrogen and oxygen atoms in total. The monoisotopic (exact) mass is 471 g/mol. The molecule has 0 bridgehead atoms. The van der Waals surface area contributed by atoms with Crippen molar-refractivity contribution in [3.8, 4) is 0 Å². The molecule has 0 aliphatic rings. The largest absolute Gasteiger partial charge is 0.373 e. The van der Waals surface area contributed by atoms with Crippen LogP contribution in [-0.2, 0) is 5.54 Å². The predicted molar refractivity (Wildman–Crippen MR) is 134 cm³/mol. The van der Waals surface area contributed by atoms with Gasteiger partial charge in [0, 0.05) is 15.7 Å². The highest BCUT2D eigenvalue weighted by Crippen LogP contribution is 2.36. The third-order valence-corrected chi connectivity index (χ3v) is 6.30. The highest BCUT2D eigenvalue weighted by Gasteiger charge is 2.36. The minimum absolute atomic E-state index is 0.0927. The molecule has 0 saturated heterocycles. The van der Waals surface area contributed by atoms with Gasteiger partial charge in [0.2, 0.25) is 0 Å². The van der Waals surface area contributed by atoms with Crippen LogP contribution >= 0.6 is 23.2 Å². The van der Waals surface area contributed by atoms with E-state index in [9.17, 15) is 0 Å². The molecule has 3 aromatic rings.